The van der Waals surface area contributed by atoms with E-state index >= 15 is 0 Å². The van der Waals surface area contributed by atoms with Crippen LogP contribution in [0.4, 0.5) is 13.2 Å². The molecule has 0 aliphatic carbocycles. The first-order valence-electron chi connectivity index (χ1n) is 6.77. The minimum Gasteiger partial charge on any atom is -0.336 e. The molecule has 1 aliphatic rings. The van der Waals surface area contributed by atoms with Crippen LogP contribution in [0.25, 0.3) is 0 Å². The first kappa shape index (κ1) is 14.6. The lowest BCUT2D eigenvalue weighted by Gasteiger charge is -2.17. The molecule has 0 N–H and O–H groups in total. The summed E-state index contributed by atoms with van der Waals surface area (Å²) in [6, 6.07) is 4.35. The van der Waals surface area contributed by atoms with Crippen molar-refractivity contribution in [2.75, 3.05) is 13.1 Å². The van der Waals surface area contributed by atoms with Gasteiger partial charge in [-0.05, 0) is 30.7 Å². The fraction of sp³-hybridized carbons (Fsp3) is 0.357. The fourth-order valence-corrected chi connectivity index (χ4v) is 2.54. The predicted molar refractivity (Wildman–Crippen MR) is 71.0 cm³/mol. The Morgan fingerprint density at radius 1 is 1.23 bits per heavy atom. The van der Waals surface area contributed by atoms with Crippen LogP contribution in [-0.2, 0) is 6.18 Å². The van der Waals surface area contributed by atoms with Crippen LogP contribution in [0.2, 0.25) is 0 Å². The highest BCUT2D eigenvalue weighted by Crippen LogP contribution is 2.29. The lowest BCUT2D eigenvalue weighted by atomic mass is 10.1. The number of carbonyl (C=O) groups is 1. The van der Waals surface area contributed by atoms with Crippen molar-refractivity contribution in [3.8, 4) is 0 Å². The normalized spacial score (nSPS) is 18.7. The molecule has 1 amide bonds. The fourth-order valence-electron chi connectivity index (χ4n) is 2.54. The van der Waals surface area contributed by atoms with E-state index in [-0.39, 0.29) is 17.5 Å². The van der Waals surface area contributed by atoms with Crippen molar-refractivity contribution in [3.63, 3.8) is 0 Å². The third-order valence-corrected chi connectivity index (χ3v) is 3.72. The van der Waals surface area contributed by atoms with Crippen LogP contribution in [0.15, 0.2) is 36.7 Å². The average molecular weight is 310 g/mol. The number of hydrogen-bond donors (Lipinski definition) is 0. The van der Waals surface area contributed by atoms with Crippen molar-refractivity contribution < 1.29 is 18.0 Å². The zero-order valence-electron chi connectivity index (χ0n) is 11.5. The summed E-state index contributed by atoms with van der Waals surface area (Å²) in [4.78, 5) is 13.9. The van der Waals surface area contributed by atoms with Gasteiger partial charge in [-0.3, -0.25) is 4.79 Å². The molecule has 5 nitrogen and oxygen atoms in total. The summed E-state index contributed by atoms with van der Waals surface area (Å²) in [6.07, 6.45) is -0.347. The van der Waals surface area contributed by atoms with Gasteiger partial charge in [0.25, 0.3) is 5.91 Å². The zero-order valence-corrected chi connectivity index (χ0v) is 11.5. The zero-order chi connectivity index (χ0) is 15.7. The highest BCUT2D eigenvalue weighted by Gasteiger charge is 2.31. The number of benzene rings is 1. The Kier molecular flexibility index (Phi) is 3.59. The van der Waals surface area contributed by atoms with E-state index in [2.05, 4.69) is 10.3 Å². The summed E-state index contributed by atoms with van der Waals surface area (Å²) in [5, 5.41) is 7.64. The Balaban J connectivity index is 1.70. The summed E-state index contributed by atoms with van der Waals surface area (Å²) in [7, 11) is 0. The molecule has 0 radical (unpaired) electrons. The van der Waals surface area contributed by atoms with Crippen LogP contribution >= 0.6 is 0 Å². The molecule has 2 heterocycles. The number of alkyl halides is 3. The number of aromatic nitrogens is 3. The molecule has 116 valence electrons. The van der Waals surface area contributed by atoms with E-state index in [4.69, 9.17) is 0 Å². The van der Waals surface area contributed by atoms with Gasteiger partial charge in [-0.2, -0.15) is 13.2 Å². The minimum absolute atomic E-state index is 0.0564. The van der Waals surface area contributed by atoms with Crippen LogP contribution in [0, 0.1) is 0 Å². The van der Waals surface area contributed by atoms with Gasteiger partial charge in [-0.15, -0.1) is 5.10 Å². The van der Waals surface area contributed by atoms with Crippen molar-refractivity contribution in [2.24, 2.45) is 0 Å². The van der Waals surface area contributed by atoms with Gasteiger partial charge >= 0.3 is 6.18 Å². The number of likely N-dealkylation sites (tertiary alicyclic amines) is 1. The van der Waals surface area contributed by atoms with Gasteiger partial charge in [0, 0.05) is 24.8 Å². The van der Waals surface area contributed by atoms with Gasteiger partial charge in [-0.1, -0.05) is 5.21 Å². The topological polar surface area (TPSA) is 51.0 Å². The molecule has 1 aromatic heterocycles. The molecular weight excluding hydrogens is 297 g/mol. The molecule has 8 heteroatoms. The van der Waals surface area contributed by atoms with Crippen LogP contribution in [-0.4, -0.2) is 38.9 Å². The maximum atomic E-state index is 12.5. The van der Waals surface area contributed by atoms with E-state index in [1.807, 2.05) is 0 Å². The summed E-state index contributed by atoms with van der Waals surface area (Å²) >= 11 is 0. The SMILES string of the molecule is O=C(c1ccc(C(F)(F)F)cc1)N1CC[C@H](n2ccnn2)C1. The van der Waals surface area contributed by atoms with Gasteiger partial charge < -0.3 is 4.90 Å². The van der Waals surface area contributed by atoms with Gasteiger partial charge in [0.1, 0.15) is 0 Å². The first-order valence-corrected chi connectivity index (χ1v) is 6.77. The molecule has 22 heavy (non-hydrogen) atoms. The number of nitrogens with zero attached hydrogens (tertiary/aromatic N) is 4. The highest BCUT2D eigenvalue weighted by molar-refractivity contribution is 5.94. The predicted octanol–water partition coefficient (Wildman–Crippen LogP) is 2.38. The van der Waals surface area contributed by atoms with Gasteiger partial charge in [0.05, 0.1) is 17.8 Å². The molecule has 0 spiro atoms. The Morgan fingerprint density at radius 3 is 2.55 bits per heavy atom. The molecular formula is C14H13F3N4O. The molecule has 1 fully saturated rings. The van der Waals surface area contributed by atoms with Crippen LogP contribution in [0.1, 0.15) is 28.4 Å². The molecule has 1 aliphatic heterocycles. The monoisotopic (exact) mass is 310 g/mol. The number of carbonyl (C=O) groups excluding carboxylic acids is 1. The van der Waals surface area contributed by atoms with Crippen molar-refractivity contribution in [1.29, 1.82) is 0 Å². The molecule has 2 aromatic rings. The van der Waals surface area contributed by atoms with Gasteiger partial charge in [0.15, 0.2) is 0 Å². The van der Waals surface area contributed by atoms with E-state index in [1.54, 1.807) is 22.0 Å². The van der Waals surface area contributed by atoms with Gasteiger partial charge in [-0.25, -0.2) is 4.68 Å². The lowest BCUT2D eigenvalue weighted by molar-refractivity contribution is -0.137. The molecule has 3 rings (SSSR count). The molecule has 0 bridgehead atoms. The lowest BCUT2D eigenvalue weighted by Crippen LogP contribution is -2.29. The number of amides is 1. The van der Waals surface area contributed by atoms with E-state index in [9.17, 15) is 18.0 Å². The largest absolute Gasteiger partial charge is 0.416 e. The smallest absolute Gasteiger partial charge is 0.336 e. The summed E-state index contributed by atoms with van der Waals surface area (Å²) < 4.78 is 39.3. The van der Waals surface area contributed by atoms with E-state index in [0.717, 1.165) is 18.6 Å². The quantitative estimate of drug-likeness (QED) is 0.856. The highest BCUT2D eigenvalue weighted by atomic mass is 19.4. The van der Waals surface area contributed by atoms with E-state index < -0.39 is 11.7 Å². The Hall–Kier alpha value is -2.38. The molecule has 1 aromatic carbocycles. The van der Waals surface area contributed by atoms with Crippen LogP contribution in [0.5, 0.6) is 0 Å². The second-order valence-corrected chi connectivity index (χ2v) is 5.15. The third kappa shape index (κ3) is 2.81. The van der Waals surface area contributed by atoms with E-state index in [0.29, 0.717) is 13.1 Å². The Bertz CT molecular complexity index is 652. The van der Waals surface area contributed by atoms with Gasteiger partial charge in [0.2, 0.25) is 0 Å². The second kappa shape index (κ2) is 5.43. The summed E-state index contributed by atoms with van der Waals surface area (Å²) in [5.74, 6) is -0.267. The molecule has 1 atom stereocenters. The molecule has 0 saturated carbocycles. The molecule has 0 unspecified atom stereocenters. The van der Waals surface area contributed by atoms with E-state index in [1.165, 1.54) is 12.1 Å². The first-order chi connectivity index (χ1) is 10.4. The number of halogens is 3. The molecule has 1 saturated heterocycles. The minimum atomic E-state index is -4.40. The van der Waals surface area contributed by atoms with Crippen LogP contribution in [0.3, 0.4) is 0 Å². The number of hydrogen-bond acceptors (Lipinski definition) is 3. The summed E-state index contributed by atoms with van der Waals surface area (Å²) in [5.41, 5.74) is -0.502. The average Bonchev–Trinajstić information content (AvgIpc) is 3.16. The Morgan fingerprint density at radius 2 is 1.95 bits per heavy atom. The number of rotatable bonds is 2. The third-order valence-electron chi connectivity index (χ3n) is 3.72. The van der Waals surface area contributed by atoms with Crippen molar-refractivity contribution >= 4 is 5.91 Å². The Labute approximate surface area is 124 Å². The van der Waals surface area contributed by atoms with Crippen molar-refractivity contribution in [1.82, 2.24) is 19.9 Å². The summed E-state index contributed by atoms with van der Waals surface area (Å²) in [6.45, 7) is 1.02. The second-order valence-electron chi connectivity index (χ2n) is 5.15. The van der Waals surface area contributed by atoms with Crippen molar-refractivity contribution in [2.45, 2.75) is 18.6 Å². The maximum Gasteiger partial charge on any atom is 0.416 e. The maximum absolute atomic E-state index is 12.5. The van der Waals surface area contributed by atoms with Crippen molar-refractivity contribution in [3.05, 3.63) is 47.8 Å². The standard InChI is InChI=1S/C14H13F3N4O/c15-14(16,17)11-3-1-10(2-4-11)13(22)20-7-5-12(9-20)21-8-6-18-19-21/h1-4,6,8,12H,5,7,9H2/t12-/m0/s1. The van der Waals surface area contributed by atoms with Crippen LogP contribution < -0.4 is 0 Å².